The van der Waals surface area contributed by atoms with Crippen molar-refractivity contribution in [1.82, 2.24) is 9.80 Å². The zero-order valence-corrected chi connectivity index (χ0v) is 15.8. The van der Waals surface area contributed by atoms with E-state index in [-0.39, 0.29) is 19.2 Å². The second kappa shape index (κ2) is 10.8. The van der Waals surface area contributed by atoms with Gasteiger partial charge in [0.2, 0.25) is 0 Å². The van der Waals surface area contributed by atoms with Crippen LogP contribution in [0.2, 0.25) is 0 Å². The van der Waals surface area contributed by atoms with Crippen LogP contribution in [0.25, 0.3) is 10.4 Å². The summed E-state index contributed by atoms with van der Waals surface area (Å²) >= 11 is 0. The molecule has 1 amide bonds. The predicted molar refractivity (Wildman–Crippen MR) is 94.9 cm³/mol. The average molecular weight is 371 g/mol. The monoisotopic (exact) mass is 371 g/mol. The fourth-order valence-electron chi connectivity index (χ4n) is 2.53. The minimum absolute atomic E-state index is 0.0792. The Kier molecular flexibility index (Phi) is 9.18. The van der Waals surface area contributed by atoms with Crippen LogP contribution in [0.5, 0.6) is 0 Å². The van der Waals surface area contributed by atoms with Gasteiger partial charge in [0.05, 0.1) is 13.2 Å². The standard InChI is InChI=1S/C16H29N5O5/c1-16(2,3)26-15(24)21(12-14(22)23)9-11-25-10-8-20-6-4-13(5-7-20)18-19-17/h13H,4-12H2,1-3H3,(H,22,23). The van der Waals surface area contributed by atoms with Crippen molar-refractivity contribution in [1.29, 1.82) is 0 Å². The normalized spacial score (nSPS) is 16.0. The number of rotatable bonds is 9. The molecule has 1 aliphatic heterocycles. The van der Waals surface area contributed by atoms with E-state index < -0.39 is 24.2 Å². The van der Waals surface area contributed by atoms with E-state index in [1.54, 1.807) is 20.8 Å². The summed E-state index contributed by atoms with van der Waals surface area (Å²) in [6.45, 7) is 8.09. The van der Waals surface area contributed by atoms with Gasteiger partial charge in [0.25, 0.3) is 0 Å². The minimum Gasteiger partial charge on any atom is -0.480 e. The Morgan fingerprint density at radius 1 is 1.31 bits per heavy atom. The van der Waals surface area contributed by atoms with Crippen molar-refractivity contribution in [2.24, 2.45) is 5.11 Å². The molecular formula is C16H29N5O5. The number of likely N-dealkylation sites (tertiary alicyclic amines) is 1. The van der Waals surface area contributed by atoms with Gasteiger partial charge < -0.3 is 19.5 Å². The Hall–Kier alpha value is -2.03. The molecule has 0 aliphatic carbocycles. The Balaban J connectivity index is 2.27. The maximum atomic E-state index is 12.0. The molecule has 0 aromatic rings. The molecule has 1 heterocycles. The van der Waals surface area contributed by atoms with Gasteiger partial charge in [-0.2, -0.15) is 0 Å². The summed E-state index contributed by atoms with van der Waals surface area (Å²) < 4.78 is 10.7. The van der Waals surface area contributed by atoms with Gasteiger partial charge in [-0.3, -0.25) is 9.69 Å². The summed E-state index contributed by atoms with van der Waals surface area (Å²) in [5.74, 6) is -1.10. The highest BCUT2D eigenvalue weighted by Gasteiger charge is 2.23. The molecule has 148 valence electrons. The summed E-state index contributed by atoms with van der Waals surface area (Å²) in [7, 11) is 0. The molecule has 0 bridgehead atoms. The lowest BCUT2D eigenvalue weighted by Gasteiger charge is -2.29. The third-order valence-corrected chi connectivity index (χ3v) is 3.81. The number of hydrogen-bond acceptors (Lipinski definition) is 6. The maximum Gasteiger partial charge on any atom is 0.410 e. The number of azide groups is 1. The summed E-state index contributed by atoms with van der Waals surface area (Å²) in [6, 6.07) is 0.0792. The summed E-state index contributed by atoms with van der Waals surface area (Å²) in [6.07, 6.45) is 1.02. The minimum atomic E-state index is -1.10. The number of carboxylic acid groups (broad SMARTS) is 1. The number of amides is 1. The number of nitrogens with zero attached hydrogens (tertiary/aromatic N) is 5. The predicted octanol–water partition coefficient (Wildman–Crippen LogP) is 2.10. The zero-order valence-electron chi connectivity index (χ0n) is 15.8. The number of aliphatic carboxylic acids is 1. The van der Waals surface area contributed by atoms with Crippen molar-refractivity contribution in [2.75, 3.05) is 45.9 Å². The van der Waals surface area contributed by atoms with Crippen LogP contribution in [-0.2, 0) is 14.3 Å². The number of carbonyl (C=O) groups excluding carboxylic acids is 1. The molecule has 0 aromatic heterocycles. The van der Waals surface area contributed by atoms with Crippen LogP contribution >= 0.6 is 0 Å². The van der Waals surface area contributed by atoms with Gasteiger partial charge in [-0.25, -0.2) is 4.79 Å². The largest absolute Gasteiger partial charge is 0.480 e. The van der Waals surface area contributed by atoms with E-state index >= 15 is 0 Å². The third kappa shape index (κ3) is 9.45. The SMILES string of the molecule is CC(C)(C)OC(=O)N(CCOCCN1CCC(N=[N+]=[N-])CC1)CC(=O)O. The first kappa shape index (κ1) is 22.0. The van der Waals surface area contributed by atoms with E-state index in [9.17, 15) is 9.59 Å². The lowest BCUT2D eigenvalue weighted by molar-refractivity contribution is -0.138. The zero-order chi connectivity index (χ0) is 19.6. The van der Waals surface area contributed by atoms with Crippen LogP contribution in [0.15, 0.2) is 5.11 Å². The van der Waals surface area contributed by atoms with Crippen LogP contribution in [-0.4, -0.2) is 84.5 Å². The number of ether oxygens (including phenoxy) is 2. The molecule has 0 aromatic carbocycles. The first-order chi connectivity index (χ1) is 12.2. The second-order valence-corrected chi connectivity index (χ2v) is 7.19. The van der Waals surface area contributed by atoms with Crippen LogP contribution < -0.4 is 0 Å². The number of carboxylic acids is 1. The van der Waals surface area contributed by atoms with E-state index in [2.05, 4.69) is 14.9 Å². The summed E-state index contributed by atoms with van der Waals surface area (Å²) in [5.41, 5.74) is 7.75. The third-order valence-electron chi connectivity index (χ3n) is 3.81. The number of hydrogen-bond donors (Lipinski definition) is 1. The van der Waals surface area contributed by atoms with E-state index in [0.29, 0.717) is 6.61 Å². The van der Waals surface area contributed by atoms with Crippen LogP contribution in [0.1, 0.15) is 33.6 Å². The quantitative estimate of drug-likeness (QED) is 0.286. The molecule has 1 saturated heterocycles. The summed E-state index contributed by atoms with van der Waals surface area (Å²) in [4.78, 5) is 29.1. The average Bonchev–Trinajstić information content (AvgIpc) is 2.53. The fourth-order valence-corrected chi connectivity index (χ4v) is 2.53. The van der Waals surface area contributed by atoms with Gasteiger partial charge in [-0.1, -0.05) is 5.11 Å². The van der Waals surface area contributed by atoms with Gasteiger partial charge in [0.15, 0.2) is 0 Å². The molecular weight excluding hydrogens is 342 g/mol. The molecule has 0 atom stereocenters. The first-order valence-electron chi connectivity index (χ1n) is 8.75. The van der Waals surface area contributed by atoms with E-state index in [0.717, 1.165) is 37.4 Å². The number of carbonyl (C=O) groups is 2. The van der Waals surface area contributed by atoms with Gasteiger partial charge in [-0.05, 0) is 52.2 Å². The maximum absolute atomic E-state index is 12.0. The van der Waals surface area contributed by atoms with Crippen LogP contribution in [0.3, 0.4) is 0 Å². The second-order valence-electron chi connectivity index (χ2n) is 7.19. The van der Waals surface area contributed by atoms with E-state index in [1.165, 1.54) is 0 Å². The highest BCUT2D eigenvalue weighted by atomic mass is 16.6. The van der Waals surface area contributed by atoms with E-state index in [4.69, 9.17) is 20.1 Å². The smallest absolute Gasteiger partial charge is 0.410 e. The Bertz CT molecular complexity index is 508. The Labute approximate surface area is 153 Å². The molecule has 1 rings (SSSR count). The van der Waals surface area contributed by atoms with E-state index in [1.807, 2.05) is 0 Å². The molecule has 10 nitrogen and oxygen atoms in total. The molecule has 10 heteroatoms. The topological polar surface area (TPSA) is 128 Å². The molecule has 1 fully saturated rings. The van der Waals surface area contributed by atoms with Gasteiger partial charge >= 0.3 is 12.1 Å². The molecule has 0 unspecified atom stereocenters. The van der Waals surface area contributed by atoms with Gasteiger partial charge in [0.1, 0.15) is 12.1 Å². The highest BCUT2D eigenvalue weighted by Crippen LogP contribution is 2.13. The lowest BCUT2D eigenvalue weighted by atomic mass is 10.1. The molecule has 0 spiro atoms. The van der Waals surface area contributed by atoms with Gasteiger partial charge in [0, 0.05) is 24.0 Å². The van der Waals surface area contributed by atoms with Crippen molar-refractivity contribution in [3.05, 3.63) is 10.4 Å². The molecule has 0 radical (unpaired) electrons. The van der Waals surface area contributed by atoms with Crippen molar-refractivity contribution in [3.63, 3.8) is 0 Å². The van der Waals surface area contributed by atoms with Crippen molar-refractivity contribution in [3.8, 4) is 0 Å². The number of piperidine rings is 1. The van der Waals surface area contributed by atoms with Crippen LogP contribution in [0, 0.1) is 0 Å². The van der Waals surface area contributed by atoms with Crippen molar-refractivity contribution >= 4 is 12.1 Å². The molecule has 0 saturated carbocycles. The molecule has 1 aliphatic rings. The van der Waals surface area contributed by atoms with Crippen molar-refractivity contribution < 1.29 is 24.2 Å². The fraction of sp³-hybridized carbons (Fsp3) is 0.875. The highest BCUT2D eigenvalue weighted by molar-refractivity contribution is 5.76. The first-order valence-corrected chi connectivity index (χ1v) is 8.75. The molecule has 26 heavy (non-hydrogen) atoms. The van der Waals surface area contributed by atoms with Gasteiger partial charge in [-0.15, -0.1) is 0 Å². The van der Waals surface area contributed by atoms with Crippen LogP contribution in [0.4, 0.5) is 4.79 Å². The summed E-state index contributed by atoms with van der Waals surface area (Å²) in [5, 5.41) is 12.7. The molecule has 1 N–H and O–H groups in total. The Morgan fingerprint density at radius 2 is 1.96 bits per heavy atom. The lowest BCUT2D eigenvalue weighted by Crippen LogP contribution is -2.42. The Morgan fingerprint density at radius 3 is 2.50 bits per heavy atom. The van der Waals surface area contributed by atoms with Crippen molar-refractivity contribution in [2.45, 2.75) is 45.3 Å².